The normalized spacial score (nSPS) is 20.2. The van der Waals surface area contributed by atoms with Crippen LogP contribution >= 0.6 is 0 Å². The molecule has 2 unspecified atom stereocenters. The first-order valence-electron chi connectivity index (χ1n) is 9.65. The molecule has 0 bridgehead atoms. The minimum atomic E-state index is -0.520. The number of likely N-dealkylation sites (tertiary alicyclic amines) is 1. The predicted octanol–water partition coefficient (Wildman–Crippen LogP) is 3.61. The summed E-state index contributed by atoms with van der Waals surface area (Å²) in [5.41, 5.74) is 1.00. The van der Waals surface area contributed by atoms with E-state index in [1.807, 2.05) is 27.7 Å². The van der Waals surface area contributed by atoms with Crippen molar-refractivity contribution in [2.45, 2.75) is 52.2 Å². The van der Waals surface area contributed by atoms with E-state index in [0.29, 0.717) is 25.0 Å². The van der Waals surface area contributed by atoms with Crippen LogP contribution in [0.2, 0.25) is 0 Å². The lowest BCUT2D eigenvalue weighted by atomic mass is 9.93. The molecule has 3 rings (SSSR count). The van der Waals surface area contributed by atoms with Crippen molar-refractivity contribution in [3.8, 4) is 0 Å². The number of carbonyl (C=O) groups is 2. The van der Waals surface area contributed by atoms with E-state index in [2.05, 4.69) is 10.3 Å². The molecule has 2 atom stereocenters. The third-order valence-electron chi connectivity index (χ3n) is 4.98. The Morgan fingerprint density at radius 3 is 2.79 bits per heavy atom. The van der Waals surface area contributed by atoms with Gasteiger partial charge in [0.1, 0.15) is 11.4 Å². The van der Waals surface area contributed by atoms with Crippen molar-refractivity contribution in [1.82, 2.24) is 15.2 Å². The number of halogens is 1. The fourth-order valence-electron chi connectivity index (χ4n) is 3.59. The molecule has 1 aromatic carbocycles. The Bertz CT molecular complexity index is 871. The maximum atomic E-state index is 13.3. The molecule has 1 aromatic heterocycles. The summed E-state index contributed by atoms with van der Waals surface area (Å²) in [6.45, 7) is 8.67. The van der Waals surface area contributed by atoms with Gasteiger partial charge < -0.3 is 19.9 Å². The summed E-state index contributed by atoms with van der Waals surface area (Å²) in [5, 5.41) is 3.94. The summed E-state index contributed by atoms with van der Waals surface area (Å²) in [6, 6.07) is 4.51. The molecule has 1 aliphatic rings. The van der Waals surface area contributed by atoms with Gasteiger partial charge in [-0.2, -0.15) is 0 Å². The van der Waals surface area contributed by atoms with Crippen LogP contribution in [0.3, 0.4) is 0 Å². The number of nitrogens with one attached hydrogen (secondary N) is 2. The van der Waals surface area contributed by atoms with Gasteiger partial charge in [0, 0.05) is 36.2 Å². The van der Waals surface area contributed by atoms with Crippen LogP contribution in [-0.2, 0) is 16.0 Å². The molecule has 0 radical (unpaired) electrons. The minimum Gasteiger partial charge on any atom is -0.444 e. The second-order valence-electron chi connectivity index (χ2n) is 8.55. The van der Waals surface area contributed by atoms with E-state index < -0.39 is 5.60 Å². The molecule has 2 N–H and O–H groups in total. The quantitative estimate of drug-likeness (QED) is 0.842. The SMILES string of the molecule is CC1CN(C(=O)OC(C)(C)C)CCC1NC(=O)Cc1c[nH]c2cc(F)ccc12. The molecule has 28 heavy (non-hydrogen) atoms. The zero-order valence-electron chi connectivity index (χ0n) is 16.8. The van der Waals surface area contributed by atoms with E-state index in [4.69, 9.17) is 4.74 Å². The van der Waals surface area contributed by atoms with Crippen molar-refractivity contribution in [2.24, 2.45) is 5.92 Å². The summed E-state index contributed by atoms with van der Waals surface area (Å²) in [4.78, 5) is 29.5. The Morgan fingerprint density at radius 2 is 2.11 bits per heavy atom. The predicted molar refractivity (Wildman–Crippen MR) is 105 cm³/mol. The molecule has 2 amide bonds. The summed E-state index contributed by atoms with van der Waals surface area (Å²) in [7, 11) is 0. The number of fused-ring (bicyclic) bond motifs is 1. The van der Waals surface area contributed by atoms with Crippen LogP contribution in [0.5, 0.6) is 0 Å². The van der Waals surface area contributed by atoms with E-state index in [9.17, 15) is 14.0 Å². The second-order valence-corrected chi connectivity index (χ2v) is 8.55. The monoisotopic (exact) mass is 389 g/mol. The Hall–Kier alpha value is -2.57. The number of H-pyrrole nitrogens is 1. The lowest BCUT2D eigenvalue weighted by molar-refractivity contribution is -0.121. The number of aromatic nitrogens is 1. The molecule has 0 spiro atoms. The van der Waals surface area contributed by atoms with Gasteiger partial charge in [0.2, 0.25) is 5.91 Å². The number of rotatable bonds is 3. The average Bonchev–Trinajstić information content (AvgIpc) is 2.97. The van der Waals surface area contributed by atoms with E-state index in [1.165, 1.54) is 12.1 Å². The fraction of sp³-hybridized carbons (Fsp3) is 0.524. The molecule has 152 valence electrons. The van der Waals surface area contributed by atoms with Gasteiger partial charge in [-0.15, -0.1) is 0 Å². The van der Waals surface area contributed by atoms with Crippen molar-refractivity contribution >= 4 is 22.9 Å². The van der Waals surface area contributed by atoms with Gasteiger partial charge in [0.05, 0.1) is 6.42 Å². The fourth-order valence-corrected chi connectivity index (χ4v) is 3.59. The highest BCUT2D eigenvalue weighted by atomic mass is 19.1. The Balaban J connectivity index is 1.55. The maximum Gasteiger partial charge on any atom is 0.410 e. The lowest BCUT2D eigenvalue weighted by Gasteiger charge is -2.37. The number of aromatic amines is 1. The molecular weight excluding hydrogens is 361 g/mol. The molecule has 6 nitrogen and oxygen atoms in total. The van der Waals surface area contributed by atoms with Crippen LogP contribution in [-0.4, -0.2) is 46.6 Å². The molecule has 0 aliphatic carbocycles. The lowest BCUT2D eigenvalue weighted by Crippen LogP contribution is -2.52. The number of hydrogen-bond donors (Lipinski definition) is 2. The van der Waals surface area contributed by atoms with Gasteiger partial charge in [-0.05, 0) is 56.9 Å². The summed E-state index contributed by atoms with van der Waals surface area (Å²) < 4.78 is 18.7. The summed E-state index contributed by atoms with van der Waals surface area (Å²) >= 11 is 0. The highest BCUT2D eigenvalue weighted by Gasteiger charge is 2.32. The Morgan fingerprint density at radius 1 is 1.36 bits per heavy atom. The average molecular weight is 389 g/mol. The summed E-state index contributed by atoms with van der Waals surface area (Å²) in [5.74, 6) is -0.258. The van der Waals surface area contributed by atoms with Crippen molar-refractivity contribution < 1.29 is 18.7 Å². The molecule has 1 aliphatic heterocycles. The van der Waals surface area contributed by atoms with E-state index >= 15 is 0 Å². The van der Waals surface area contributed by atoms with Crippen LogP contribution in [0, 0.1) is 11.7 Å². The smallest absolute Gasteiger partial charge is 0.410 e. The van der Waals surface area contributed by atoms with Gasteiger partial charge in [0.15, 0.2) is 0 Å². The first kappa shape index (κ1) is 20.2. The number of piperidine rings is 1. The molecular formula is C21H28FN3O3. The summed E-state index contributed by atoms with van der Waals surface area (Å²) in [6.07, 6.45) is 2.35. The van der Waals surface area contributed by atoms with Crippen LogP contribution in [0.15, 0.2) is 24.4 Å². The number of benzene rings is 1. The zero-order valence-corrected chi connectivity index (χ0v) is 16.8. The van der Waals surface area contributed by atoms with E-state index in [1.54, 1.807) is 17.2 Å². The van der Waals surface area contributed by atoms with Crippen molar-refractivity contribution in [1.29, 1.82) is 0 Å². The number of amides is 2. The van der Waals surface area contributed by atoms with Crippen LogP contribution in [0.1, 0.15) is 39.7 Å². The van der Waals surface area contributed by atoms with Crippen LogP contribution in [0.25, 0.3) is 10.9 Å². The highest BCUT2D eigenvalue weighted by molar-refractivity contribution is 5.89. The van der Waals surface area contributed by atoms with Crippen molar-refractivity contribution in [2.75, 3.05) is 13.1 Å². The molecule has 2 heterocycles. The third-order valence-corrected chi connectivity index (χ3v) is 4.98. The molecule has 0 saturated carbocycles. The maximum absolute atomic E-state index is 13.3. The third kappa shape index (κ3) is 4.82. The Labute approximate surface area is 164 Å². The molecule has 1 saturated heterocycles. The number of carbonyl (C=O) groups excluding carboxylic acids is 2. The van der Waals surface area contributed by atoms with Crippen LogP contribution < -0.4 is 5.32 Å². The largest absolute Gasteiger partial charge is 0.444 e. The van der Waals surface area contributed by atoms with Crippen molar-refractivity contribution in [3.05, 3.63) is 35.8 Å². The van der Waals surface area contributed by atoms with Gasteiger partial charge >= 0.3 is 6.09 Å². The van der Waals surface area contributed by atoms with Crippen LogP contribution in [0.4, 0.5) is 9.18 Å². The first-order chi connectivity index (χ1) is 13.1. The van der Waals surface area contributed by atoms with Crippen molar-refractivity contribution in [3.63, 3.8) is 0 Å². The van der Waals surface area contributed by atoms with Gasteiger partial charge in [-0.3, -0.25) is 4.79 Å². The highest BCUT2D eigenvalue weighted by Crippen LogP contribution is 2.22. The first-order valence-corrected chi connectivity index (χ1v) is 9.65. The zero-order chi connectivity index (χ0) is 20.5. The Kier molecular flexibility index (Phi) is 5.63. The van der Waals surface area contributed by atoms with Gasteiger partial charge in [-0.25, -0.2) is 9.18 Å². The molecule has 2 aromatic rings. The number of nitrogens with zero attached hydrogens (tertiary/aromatic N) is 1. The topological polar surface area (TPSA) is 74.4 Å². The number of ether oxygens (including phenoxy) is 1. The molecule has 1 fully saturated rings. The van der Waals surface area contributed by atoms with Gasteiger partial charge in [-0.1, -0.05) is 6.92 Å². The van der Waals surface area contributed by atoms with E-state index in [0.717, 1.165) is 10.9 Å². The second kappa shape index (κ2) is 7.81. The molecule has 7 heteroatoms. The van der Waals surface area contributed by atoms with E-state index in [-0.39, 0.29) is 36.2 Å². The van der Waals surface area contributed by atoms with Gasteiger partial charge in [0.25, 0.3) is 0 Å². The number of hydrogen-bond acceptors (Lipinski definition) is 3. The standard InChI is InChI=1S/C21H28FN3O3/c1-13-12-25(20(27)28-21(2,3)4)8-7-17(13)24-19(26)9-14-11-23-18-10-15(22)5-6-16(14)18/h5-6,10-11,13,17,23H,7-9,12H2,1-4H3,(H,24,26). The minimum absolute atomic E-state index is 0.00818.